The van der Waals surface area contributed by atoms with Crippen molar-refractivity contribution in [2.24, 2.45) is 11.8 Å². The average Bonchev–Trinajstić information content (AvgIpc) is 2.71. The largest absolute Gasteiger partial charge is 0.490 e. The van der Waals surface area contributed by atoms with Gasteiger partial charge in [0.05, 0.1) is 12.5 Å². The summed E-state index contributed by atoms with van der Waals surface area (Å²) in [5.41, 5.74) is 0. The van der Waals surface area contributed by atoms with Crippen LogP contribution >= 0.6 is 0 Å². The van der Waals surface area contributed by atoms with Gasteiger partial charge in [0.25, 0.3) is 0 Å². The molecule has 0 N–H and O–H groups in total. The van der Waals surface area contributed by atoms with Crippen molar-refractivity contribution >= 4 is 5.97 Å². The van der Waals surface area contributed by atoms with Crippen LogP contribution in [0.1, 0.15) is 84.5 Å². The lowest BCUT2D eigenvalue weighted by atomic mass is 9.80. The number of hydrogen-bond acceptors (Lipinski definition) is 3. The van der Waals surface area contributed by atoms with Gasteiger partial charge >= 0.3 is 5.97 Å². The summed E-state index contributed by atoms with van der Waals surface area (Å²) >= 11 is 0. The first kappa shape index (κ1) is 22.6. The first-order valence-electron chi connectivity index (χ1n) is 10.9. The first-order chi connectivity index (χ1) is 13.6. The van der Waals surface area contributed by atoms with Gasteiger partial charge in [-0.1, -0.05) is 52.4 Å². The predicted octanol–water partition coefficient (Wildman–Crippen LogP) is 6.83. The molecule has 0 aromatic heterocycles. The lowest BCUT2D eigenvalue weighted by molar-refractivity contribution is -0.140. The highest BCUT2D eigenvalue weighted by Gasteiger charge is 2.28. The van der Waals surface area contributed by atoms with Crippen LogP contribution in [0.2, 0.25) is 0 Å². The monoisotopic (exact) mass is 396 g/mol. The zero-order valence-electron chi connectivity index (χ0n) is 17.3. The Labute approximate surface area is 167 Å². The highest BCUT2D eigenvalue weighted by Crippen LogP contribution is 2.34. The van der Waals surface area contributed by atoms with Gasteiger partial charge in [-0.2, -0.15) is 8.78 Å². The number of hydrogen-bond donors (Lipinski definition) is 0. The number of halogens is 2. The van der Waals surface area contributed by atoms with E-state index >= 15 is 0 Å². The zero-order chi connectivity index (χ0) is 20.4. The van der Waals surface area contributed by atoms with Gasteiger partial charge in [-0.3, -0.25) is 4.79 Å². The molecule has 0 unspecified atom stereocenters. The Morgan fingerprint density at radius 2 is 1.54 bits per heavy atom. The summed E-state index contributed by atoms with van der Waals surface area (Å²) in [5, 5.41) is 0. The number of carbonyl (C=O) groups is 1. The van der Waals surface area contributed by atoms with Crippen molar-refractivity contribution in [2.45, 2.75) is 84.5 Å². The summed E-state index contributed by atoms with van der Waals surface area (Å²) in [6, 6.07) is 2.61. The number of ether oxygens (including phenoxy) is 2. The van der Waals surface area contributed by atoms with Crippen LogP contribution < -0.4 is 9.47 Å². The minimum absolute atomic E-state index is 0.138. The molecular formula is C23H34F2O3. The fraction of sp³-hybridized carbons (Fsp3) is 0.696. The molecule has 1 aromatic carbocycles. The quantitative estimate of drug-likeness (QED) is 0.234. The standard InChI is InChI=1S/C23H34F2O3/c1-3-5-7-9-17-10-12-18(13-11-17)23(26)28-20-15-14-19(21(24)22(20)25)27-16-8-6-4-2/h14-15,17-18H,3-13,16H2,1-2H3. The van der Waals surface area contributed by atoms with Crippen molar-refractivity contribution in [3.05, 3.63) is 23.8 Å². The van der Waals surface area contributed by atoms with Crippen molar-refractivity contribution in [2.75, 3.05) is 6.61 Å². The molecule has 0 aliphatic heterocycles. The summed E-state index contributed by atoms with van der Waals surface area (Å²) < 4.78 is 38.9. The maximum atomic E-state index is 14.3. The van der Waals surface area contributed by atoms with Crippen LogP contribution in [0.25, 0.3) is 0 Å². The molecule has 3 nitrogen and oxygen atoms in total. The lowest BCUT2D eigenvalue weighted by Gasteiger charge is -2.27. The molecule has 0 heterocycles. The summed E-state index contributed by atoms with van der Waals surface area (Å²) in [7, 11) is 0. The molecule has 0 spiro atoms. The molecule has 1 aliphatic carbocycles. The maximum Gasteiger partial charge on any atom is 0.314 e. The molecule has 1 aliphatic rings. The third-order valence-corrected chi connectivity index (χ3v) is 5.62. The zero-order valence-corrected chi connectivity index (χ0v) is 17.3. The van der Waals surface area contributed by atoms with Crippen molar-refractivity contribution in [3.63, 3.8) is 0 Å². The molecule has 28 heavy (non-hydrogen) atoms. The number of carbonyl (C=O) groups excluding carboxylic acids is 1. The van der Waals surface area contributed by atoms with E-state index in [-0.39, 0.29) is 17.4 Å². The van der Waals surface area contributed by atoms with Crippen molar-refractivity contribution < 1.29 is 23.0 Å². The van der Waals surface area contributed by atoms with E-state index in [1.807, 2.05) is 0 Å². The molecule has 1 fully saturated rings. The number of esters is 1. The molecule has 0 amide bonds. The molecule has 0 radical (unpaired) electrons. The first-order valence-corrected chi connectivity index (χ1v) is 10.9. The fourth-order valence-electron chi connectivity index (χ4n) is 3.80. The van der Waals surface area contributed by atoms with Gasteiger partial charge in [-0.15, -0.1) is 0 Å². The number of unbranched alkanes of at least 4 members (excludes halogenated alkanes) is 4. The molecule has 2 rings (SSSR count). The molecule has 5 heteroatoms. The van der Waals surface area contributed by atoms with Crippen molar-refractivity contribution in [1.29, 1.82) is 0 Å². The minimum Gasteiger partial charge on any atom is -0.490 e. The minimum atomic E-state index is -1.16. The molecular weight excluding hydrogens is 362 g/mol. The van der Waals surface area contributed by atoms with Crippen LogP contribution in [0.4, 0.5) is 8.78 Å². The Morgan fingerprint density at radius 3 is 2.21 bits per heavy atom. The molecule has 0 atom stereocenters. The SMILES string of the molecule is CCCCCOc1ccc(OC(=O)C2CCC(CCCCC)CC2)c(F)c1F. The second kappa shape index (κ2) is 12.0. The lowest BCUT2D eigenvalue weighted by Crippen LogP contribution is -2.26. The summed E-state index contributed by atoms with van der Waals surface area (Å²) in [5.74, 6) is -2.75. The Morgan fingerprint density at radius 1 is 0.929 bits per heavy atom. The van der Waals surface area contributed by atoms with Crippen LogP contribution in [0, 0.1) is 23.5 Å². The predicted molar refractivity (Wildman–Crippen MR) is 107 cm³/mol. The van der Waals surface area contributed by atoms with Crippen LogP contribution in [0.5, 0.6) is 11.5 Å². The van der Waals surface area contributed by atoms with Gasteiger partial charge in [-0.05, 0) is 50.2 Å². The van der Waals surface area contributed by atoms with Gasteiger partial charge in [-0.25, -0.2) is 0 Å². The van der Waals surface area contributed by atoms with Crippen LogP contribution in [-0.2, 0) is 4.79 Å². The second-order valence-corrected chi connectivity index (χ2v) is 7.88. The van der Waals surface area contributed by atoms with Gasteiger partial charge < -0.3 is 9.47 Å². The number of benzene rings is 1. The van der Waals surface area contributed by atoms with E-state index in [1.165, 1.54) is 37.8 Å². The van der Waals surface area contributed by atoms with Crippen LogP contribution in [0.15, 0.2) is 12.1 Å². The van der Waals surface area contributed by atoms with Crippen LogP contribution in [0.3, 0.4) is 0 Å². The smallest absolute Gasteiger partial charge is 0.314 e. The average molecular weight is 397 g/mol. The summed E-state index contributed by atoms with van der Waals surface area (Å²) in [4.78, 5) is 12.4. The normalized spacial score (nSPS) is 19.4. The Balaban J connectivity index is 1.84. The number of rotatable bonds is 11. The van der Waals surface area contributed by atoms with Gasteiger partial charge in [0.1, 0.15) is 0 Å². The third-order valence-electron chi connectivity index (χ3n) is 5.62. The van der Waals surface area contributed by atoms with Gasteiger partial charge in [0.2, 0.25) is 11.6 Å². The van der Waals surface area contributed by atoms with Crippen molar-refractivity contribution in [3.8, 4) is 11.5 Å². The summed E-state index contributed by atoms with van der Waals surface area (Å²) in [6.07, 6.45) is 11.2. The van der Waals surface area contributed by atoms with E-state index in [0.29, 0.717) is 12.5 Å². The van der Waals surface area contributed by atoms with Crippen LogP contribution in [-0.4, -0.2) is 12.6 Å². The Hall–Kier alpha value is -1.65. The maximum absolute atomic E-state index is 14.3. The van der Waals surface area contributed by atoms with Gasteiger partial charge in [0.15, 0.2) is 11.5 Å². The third kappa shape index (κ3) is 6.75. The highest BCUT2D eigenvalue weighted by atomic mass is 19.2. The van der Waals surface area contributed by atoms with Gasteiger partial charge in [0, 0.05) is 0 Å². The van der Waals surface area contributed by atoms with E-state index in [1.54, 1.807) is 0 Å². The molecule has 1 aromatic rings. The fourth-order valence-corrected chi connectivity index (χ4v) is 3.80. The second-order valence-electron chi connectivity index (χ2n) is 7.88. The molecule has 0 saturated heterocycles. The van der Waals surface area contributed by atoms with Crippen molar-refractivity contribution in [1.82, 2.24) is 0 Å². The summed E-state index contributed by atoms with van der Waals surface area (Å²) in [6.45, 7) is 4.59. The topological polar surface area (TPSA) is 35.5 Å². The van der Waals surface area contributed by atoms with E-state index in [0.717, 1.165) is 44.9 Å². The Kier molecular flexibility index (Phi) is 9.72. The van der Waals surface area contributed by atoms with E-state index in [4.69, 9.17) is 9.47 Å². The van der Waals surface area contributed by atoms with E-state index in [9.17, 15) is 13.6 Å². The molecule has 158 valence electrons. The molecule has 1 saturated carbocycles. The van der Waals surface area contributed by atoms with E-state index < -0.39 is 17.6 Å². The van der Waals surface area contributed by atoms with E-state index in [2.05, 4.69) is 13.8 Å². The molecule has 0 bridgehead atoms. The Bertz CT molecular complexity index is 610. The highest BCUT2D eigenvalue weighted by molar-refractivity contribution is 5.75.